The van der Waals surface area contributed by atoms with Crippen LogP contribution < -0.4 is 0 Å². The predicted molar refractivity (Wildman–Crippen MR) is 98.1 cm³/mol. The van der Waals surface area contributed by atoms with E-state index in [4.69, 9.17) is 9.58 Å². The molecule has 0 N–H and O–H groups in total. The van der Waals surface area contributed by atoms with Crippen LogP contribution in [0.25, 0.3) is 5.69 Å². The molecule has 1 aromatic carbocycles. The van der Waals surface area contributed by atoms with Gasteiger partial charge in [0.25, 0.3) is 0 Å². The van der Waals surface area contributed by atoms with Crippen molar-refractivity contribution < 1.29 is 23.4 Å². The molecule has 0 spiro atoms. The zero-order valence-electron chi connectivity index (χ0n) is 14.8. The molecule has 4 nitrogen and oxygen atoms in total. The number of aromatic nitrogens is 2. The molecule has 25 heavy (non-hydrogen) atoms. The molecule has 0 amide bonds. The zero-order chi connectivity index (χ0) is 18.2. The molecule has 0 radical (unpaired) electrons. The number of benzene rings is 1. The minimum absolute atomic E-state index is 0.325. The van der Waals surface area contributed by atoms with Crippen LogP contribution in [0.15, 0.2) is 24.5 Å². The number of carbonyl (C=O) groups excluding carboxylic acids is 2. The topological polar surface area (TPSA) is 44.0 Å². The van der Waals surface area contributed by atoms with E-state index >= 15 is 0 Å². The third-order valence-corrected chi connectivity index (χ3v) is 11.2. The average molecular weight is 540 g/mol. The van der Waals surface area contributed by atoms with Gasteiger partial charge in [0.2, 0.25) is 0 Å². The predicted octanol–water partition coefficient (Wildman–Crippen LogP) is 4.54. The molecule has 0 unspecified atom stereocenters. The van der Waals surface area contributed by atoms with E-state index in [-0.39, 0.29) is 0 Å². The summed E-state index contributed by atoms with van der Waals surface area (Å²) in [7, 11) is 6.66. The van der Waals surface area contributed by atoms with Crippen molar-refractivity contribution in [2.75, 3.05) is 0 Å². The van der Waals surface area contributed by atoms with Crippen LogP contribution in [-0.4, -0.2) is 18.7 Å². The molecule has 0 aliphatic heterocycles. The Hall–Kier alpha value is -1.29. The standard InChI is InChI=1S/C17H22N2.2CHO.ClH.Ir/c1-13-10-14(2)17(15(3)11-13)19-9-8-18(12-19)16-6-4-5-7-16;2*1-2;;/h8-11,16H,4-7H2,1-3H3;2*1H;1H;/q;;;;+1/p-1. The fourth-order valence-electron chi connectivity index (χ4n) is 3.88. The van der Waals surface area contributed by atoms with Crippen molar-refractivity contribution in [3.63, 3.8) is 0 Å². The SMILES string of the molecule is Cc1cc(C)c(-n2ccn(C3CCCC3)[c]2=[Ir]([Cl])([CH]=O)[CH]=O)c(C)c1. The molecular formula is C19H24ClIrN2O2. The molecule has 1 fully saturated rings. The normalized spacial score (nSPS) is 16.2. The van der Waals surface area contributed by atoms with E-state index in [0.717, 1.165) is 39.3 Å². The summed E-state index contributed by atoms with van der Waals surface area (Å²) in [4.78, 5) is 25.1. The van der Waals surface area contributed by atoms with Crippen LogP contribution in [0, 0.1) is 24.7 Å². The monoisotopic (exact) mass is 540 g/mol. The summed E-state index contributed by atoms with van der Waals surface area (Å²) in [6.07, 6.45) is 8.46. The summed E-state index contributed by atoms with van der Waals surface area (Å²) in [5.41, 5.74) is 4.45. The molecule has 1 aromatic heterocycles. The van der Waals surface area contributed by atoms with Gasteiger partial charge in [0, 0.05) is 0 Å². The second-order valence-electron chi connectivity index (χ2n) is 6.68. The van der Waals surface area contributed by atoms with E-state index in [9.17, 15) is 9.59 Å². The van der Waals surface area contributed by atoms with Gasteiger partial charge in [-0.2, -0.15) is 0 Å². The minimum atomic E-state index is -3.98. The van der Waals surface area contributed by atoms with E-state index in [0.29, 0.717) is 9.97 Å². The summed E-state index contributed by atoms with van der Waals surface area (Å²) in [6, 6.07) is 4.57. The third kappa shape index (κ3) is 3.25. The van der Waals surface area contributed by atoms with Gasteiger partial charge < -0.3 is 0 Å². The average Bonchev–Trinajstić information content (AvgIpc) is 3.22. The van der Waals surface area contributed by atoms with Gasteiger partial charge in [-0.3, -0.25) is 0 Å². The molecule has 1 saturated carbocycles. The van der Waals surface area contributed by atoms with Crippen molar-refractivity contribution in [3.05, 3.63) is 45.1 Å². The van der Waals surface area contributed by atoms with Gasteiger partial charge in [0.1, 0.15) is 0 Å². The van der Waals surface area contributed by atoms with E-state index in [1.54, 1.807) is 0 Å². The van der Waals surface area contributed by atoms with E-state index in [2.05, 4.69) is 37.5 Å². The first-order valence-electron chi connectivity index (χ1n) is 8.40. The van der Waals surface area contributed by atoms with Crippen LogP contribution in [0.5, 0.6) is 0 Å². The maximum atomic E-state index is 11.8. The number of rotatable bonds is 4. The Balaban J connectivity index is 2.41. The van der Waals surface area contributed by atoms with Gasteiger partial charge >= 0.3 is 155 Å². The van der Waals surface area contributed by atoms with Crippen molar-refractivity contribution in [2.45, 2.75) is 52.5 Å². The first-order valence-corrected chi connectivity index (χ1v) is 15.3. The summed E-state index contributed by atoms with van der Waals surface area (Å²) in [5.74, 6) is 0. The third-order valence-electron chi connectivity index (χ3n) is 4.82. The van der Waals surface area contributed by atoms with Gasteiger partial charge in [-0.25, -0.2) is 0 Å². The number of imidazole rings is 1. The Bertz CT molecular complexity index is 885. The number of hydrogen-bond donors (Lipinski definition) is 0. The molecule has 0 atom stereocenters. The molecule has 0 saturated heterocycles. The summed E-state index contributed by atoms with van der Waals surface area (Å²) < 4.78 is 4.83. The molecule has 2 aromatic rings. The fraction of sp³-hybridized carbons (Fsp3) is 0.421. The van der Waals surface area contributed by atoms with Crippen molar-refractivity contribution in [3.8, 4) is 5.69 Å². The van der Waals surface area contributed by atoms with Crippen LogP contribution in [0.4, 0.5) is 0 Å². The molecular weight excluding hydrogens is 516 g/mol. The molecule has 138 valence electrons. The van der Waals surface area contributed by atoms with E-state index in [1.807, 2.05) is 17.0 Å². The Labute approximate surface area is 154 Å². The van der Waals surface area contributed by atoms with Crippen molar-refractivity contribution >= 4 is 19.2 Å². The van der Waals surface area contributed by atoms with Crippen molar-refractivity contribution in [1.82, 2.24) is 9.13 Å². The van der Waals surface area contributed by atoms with Crippen LogP contribution in [0.2, 0.25) is 0 Å². The van der Waals surface area contributed by atoms with Gasteiger partial charge in [-0.1, -0.05) is 0 Å². The number of hydrogen-bond acceptors (Lipinski definition) is 2. The van der Waals surface area contributed by atoms with Gasteiger partial charge in [0.15, 0.2) is 0 Å². The molecule has 6 heteroatoms. The second kappa shape index (κ2) is 7.14. The van der Waals surface area contributed by atoms with Crippen LogP contribution in [0.3, 0.4) is 0 Å². The zero-order valence-corrected chi connectivity index (χ0v) is 17.9. The molecule has 0 bridgehead atoms. The summed E-state index contributed by atoms with van der Waals surface area (Å²) in [6.45, 7) is 6.19. The number of carbonyl (C=O) groups is 2. The number of aryl methyl sites for hydroxylation is 3. The Morgan fingerprint density at radius 3 is 2.12 bits per heavy atom. The van der Waals surface area contributed by atoms with Crippen LogP contribution >= 0.6 is 9.58 Å². The molecule has 3 rings (SSSR count). The van der Waals surface area contributed by atoms with Crippen molar-refractivity contribution in [1.29, 1.82) is 0 Å². The van der Waals surface area contributed by atoms with Crippen molar-refractivity contribution in [2.24, 2.45) is 0 Å². The first-order chi connectivity index (χ1) is 11.9. The van der Waals surface area contributed by atoms with Gasteiger partial charge in [0.05, 0.1) is 0 Å². The quantitative estimate of drug-likeness (QED) is 0.536. The summed E-state index contributed by atoms with van der Waals surface area (Å²) in [5, 5.41) is 0. The molecule has 1 aliphatic rings. The number of halogens is 1. The Kier molecular flexibility index (Phi) is 5.29. The van der Waals surface area contributed by atoms with Gasteiger partial charge in [-0.15, -0.1) is 0 Å². The van der Waals surface area contributed by atoms with E-state index in [1.165, 1.54) is 18.4 Å². The second-order valence-corrected chi connectivity index (χ2v) is 16.0. The van der Waals surface area contributed by atoms with Crippen LogP contribution in [0.1, 0.15) is 48.4 Å². The molecule has 1 heterocycles. The maximum absolute atomic E-state index is 11.8. The number of nitrogens with zero attached hydrogens (tertiary/aromatic N) is 2. The molecule has 1 aliphatic carbocycles. The Morgan fingerprint density at radius 1 is 1.04 bits per heavy atom. The fourth-order valence-corrected chi connectivity index (χ4v) is 8.45. The van der Waals surface area contributed by atoms with Gasteiger partial charge in [-0.05, 0) is 0 Å². The van der Waals surface area contributed by atoms with E-state index < -0.39 is 13.8 Å². The first kappa shape index (κ1) is 18.5. The summed E-state index contributed by atoms with van der Waals surface area (Å²) >= 11 is -3.98. The Morgan fingerprint density at radius 2 is 1.60 bits per heavy atom. The van der Waals surface area contributed by atoms with Crippen LogP contribution in [-0.2, 0) is 23.4 Å².